The van der Waals surface area contributed by atoms with E-state index in [4.69, 9.17) is 0 Å². The fraction of sp³-hybridized carbons (Fsp3) is 1.00. The predicted molar refractivity (Wildman–Crippen MR) is 74.9 cm³/mol. The Hall–Kier alpha value is -0.0400. The Bertz CT molecular complexity index is 155. The first-order valence-corrected chi connectivity index (χ1v) is 7.14. The van der Waals surface area contributed by atoms with E-state index in [1.165, 1.54) is 38.5 Å². The molecular weight excluding hydrogens is 194 g/mol. The first-order valence-electron chi connectivity index (χ1n) is 7.14. The molecule has 1 unspecified atom stereocenters. The highest BCUT2D eigenvalue weighted by molar-refractivity contribution is 4.81. The van der Waals surface area contributed by atoms with Crippen molar-refractivity contribution < 1.29 is 0 Å². The summed E-state index contributed by atoms with van der Waals surface area (Å²) in [7, 11) is 0. The van der Waals surface area contributed by atoms with Crippen molar-refractivity contribution in [2.75, 3.05) is 0 Å². The van der Waals surface area contributed by atoms with Gasteiger partial charge in [0, 0.05) is 12.1 Å². The van der Waals surface area contributed by atoms with Crippen LogP contribution in [0.1, 0.15) is 80.1 Å². The van der Waals surface area contributed by atoms with Gasteiger partial charge in [-0.2, -0.15) is 0 Å². The van der Waals surface area contributed by atoms with Crippen molar-refractivity contribution in [1.29, 1.82) is 0 Å². The molecule has 0 aromatic heterocycles. The molecule has 98 valence electrons. The molecule has 0 aliphatic rings. The number of hydrogen-bond acceptors (Lipinski definition) is 1. The zero-order valence-electron chi connectivity index (χ0n) is 12.4. The quantitative estimate of drug-likeness (QED) is 0.590. The van der Waals surface area contributed by atoms with Gasteiger partial charge in [-0.1, -0.05) is 73.6 Å². The minimum absolute atomic E-state index is 0.384. The van der Waals surface area contributed by atoms with E-state index in [0.29, 0.717) is 17.5 Å². The Morgan fingerprint density at radius 1 is 0.938 bits per heavy atom. The van der Waals surface area contributed by atoms with E-state index >= 15 is 0 Å². The number of rotatable bonds is 8. The van der Waals surface area contributed by atoms with Crippen LogP contribution in [-0.2, 0) is 0 Å². The molecule has 1 nitrogen and oxygen atoms in total. The number of hydrogen-bond donors (Lipinski definition) is 1. The standard InChI is InChI=1S/C15H33N/c1-7-8-9-10-11-12-14(15(4,5)6)16-13(2)3/h13-14,16H,7-12H2,1-6H3. The minimum Gasteiger partial charge on any atom is -0.311 e. The topological polar surface area (TPSA) is 12.0 Å². The van der Waals surface area contributed by atoms with Gasteiger partial charge < -0.3 is 5.32 Å². The SMILES string of the molecule is CCCCCCCC(NC(C)C)C(C)(C)C. The Morgan fingerprint density at radius 2 is 1.50 bits per heavy atom. The van der Waals surface area contributed by atoms with E-state index in [1.54, 1.807) is 0 Å². The minimum atomic E-state index is 0.384. The second-order valence-corrected chi connectivity index (χ2v) is 6.44. The van der Waals surface area contributed by atoms with Gasteiger partial charge in [-0.05, 0) is 11.8 Å². The fourth-order valence-electron chi connectivity index (χ4n) is 2.12. The van der Waals surface area contributed by atoms with Gasteiger partial charge in [0.1, 0.15) is 0 Å². The average molecular weight is 227 g/mol. The summed E-state index contributed by atoms with van der Waals surface area (Å²) in [5.41, 5.74) is 0.384. The van der Waals surface area contributed by atoms with E-state index in [9.17, 15) is 0 Å². The van der Waals surface area contributed by atoms with Crippen molar-refractivity contribution in [3.05, 3.63) is 0 Å². The summed E-state index contributed by atoms with van der Waals surface area (Å²) >= 11 is 0. The Labute approximate surface area is 103 Å². The molecule has 1 N–H and O–H groups in total. The molecule has 0 saturated heterocycles. The number of unbranched alkanes of at least 4 members (excludes halogenated alkanes) is 4. The van der Waals surface area contributed by atoms with Crippen LogP contribution < -0.4 is 5.32 Å². The Morgan fingerprint density at radius 3 is 1.94 bits per heavy atom. The van der Waals surface area contributed by atoms with Gasteiger partial charge in [-0.3, -0.25) is 0 Å². The Balaban J connectivity index is 3.84. The fourth-order valence-corrected chi connectivity index (χ4v) is 2.12. The monoisotopic (exact) mass is 227 g/mol. The second-order valence-electron chi connectivity index (χ2n) is 6.44. The largest absolute Gasteiger partial charge is 0.311 e. The van der Waals surface area contributed by atoms with Crippen LogP contribution >= 0.6 is 0 Å². The van der Waals surface area contributed by atoms with Crippen LogP contribution in [0.4, 0.5) is 0 Å². The van der Waals surface area contributed by atoms with Crippen molar-refractivity contribution >= 4 is 0 Å². The van der Waals surface area contributed by atoms with Crippen molar-refractivity contribution in [3.63, 3.8) is 0 Å². The summed E-state index contributed by atoms with van der Waals surface area (Å²) in [4.78, 5) is 0. The highest BCUT2D eigenvalue weighted by Crippen LogP contribution is 2.24. The van der Waals surface area contributed by atoms with Gasteiger partial charge >= 0.3 is 0 Å². The van der Waals surface area contributed by atoms with Gasteiger partial charge in [0.15, 0.2) is 0 Å². The third-order valence-electron chi connectivity index (χ3n) is 3.18. The zero-order valence-corrected chi connectivity index (χ0v) is 12.4. The lowest BCUT2D eigenvalue weighted by atomic mass is 9.83. The maximum Gasteiger partial charge on any atom is 0.0118 e. The molecule has 0 rings (SSSR count). The van der Waals surface area contributed by atoms with E-state index in [2.05, 4.69) is 46.9 Å². The highest BCUT2D eigenvalue weighted by Gasteiger charge is 2.24. The maximum atomic E-state index is 3.71. The molecule has 0 aliphatic carbocycles. The van der Waals surface area contributed by atoms with Crippen molar-refractivity contribution in [1.82, 2.24) is 5.32 Å². The molecule has 1 atom stereocenters. The van der Waals surface area contributed by atoms with Crippen LogP contribution in [0.15, 0.2) is 0 Å². The lowest BCUT2D eigenvalue weighted by Gasteiger charge is -2.33. The van der Waals surface area contributed by atoms with E-state index < -0.39 is 0 Å². The lowest BCUT2D eigenvalue weighted by Crippen LogP contribution is -2.43. The molecule has 0 heterocycles. The molecule has 16 heavy (non-hydrogen) atoms. The molecule has 0 aromatic carbocycles. The summed E-state index contributed by atoms with van der Waals surface area (Å²) in [6.07, 6.45) is 8.26. The molecule has 0 bridgehead atoms. The van der Waals surface area contributed by atoms with Crippen LogP contribution in [-0.4, -0.2) is 12.1 Å². The van der Waals surface area contributed by atoms with E-state index in [1.807, 2.05) is 0 Å². The van der Waals surface area contributed by atoms with Gasteiger partial charge in [0.25, 0.3) is 0 Å². The predicted octanol–water partition coefficient (Wildman–Crippen LogP) is 4.76. The van der Waals surface area contributed by atoms with Crippen molar-refractivity contribution in [2.24, 2.45) is 5.41 Å². The first-order chi connectivity index (χ1) is 7.38. The molecule has 0 spiro atoms. The van der Waals surface area contributed by atoms with E-state index in [0.717, 1.165) is 0 Å². The molecule has 0 saturated carbocycles. The zero-order chi connectivity index (χ0) is 12.6. The maximum absolute atomic E-state index is 3.71. The summed E-state index contributed by atoms with van der Waals surface area (Å²) < 4.78 is 0. The third kappa shape index (κ3) is 8.15. The average Bonchev–Trinajstić information content (AvgIpc) is 2.13. The second kappa shape index (κ2) is 8.11. The summed E-state index contributed by atoms with van der Waals surface area (Å²) in [5.74, 6) is 0. The lowest BCUT2D eigenvalue weighted by molar-refractivity contribution is 0.235. The van der Waals surface area contributed by atoms with Gasteiger partial charge in [0.05, 0.1) is 0 Å². The van der Waals surface area contributed by atoms with Crippen LogP contribution in [0.25, 0.3) is 0 Å². The molecule has 0 amide bonds. The van der Waals surface area contributed by atoms with Gasteiger partial charge in [-0.25, -0.2) is 0 Å². The number of nitrogens with one attached hydrogen (secondary N) is 1. The van der Waals surface area contributed by atoms with Crippen LogP contribution in [0.2, 0.25) is 0 Å². The highest BCUT2D eigenvalue weighted by atomic mass is 14.9. The first kappa shape index (κ1) is 16.0. The van der Waals surface area contributed by atoms with Crippen LogP contribution in [0, 0.1) is 5.41 Å². The summed E-state index contributed by atoms with van der Waals surface area (Å²) in [6, 6.07) is 1.26. The molecular formula is C15H33N. The van der Waals surface area contributed by atoms with Gasteiger partial charge in [-0.15, -0.1) is 0 Å². The smallest absolute Gasteiger partial charge is 0.0118 e. The summed E-state index contributed by atoms with van der Waals surface area (Å²) in [6.45, 7) is 13.8. The van der Waals surface area contributed by atoms with Gasteiger partial charge in [0.2, 0.25) is 0 Å². The molecule has 1 heteroatoms. The van der Waals surface area contributed by atoms with Crippen molar-refractivity contribution in [2.45, 2.75) is 92.2 Å². The molecule has 0 aliphatic heterocycles. The van der Waals surface area contributed by atoms with Crippen molar-refractivity contribution in [3.8, 4) is 0 Å². The summed E-state index contributed by atoms with van der Waals surface area (Å²) in [5, 5.41) is 3.71. The van der Waals surface area contributed by atoms with E-state index in [-0.39, 0.29) is 0 Å². The van der Waals surface area contributed by atoms with Crippen LogP contribution in [0.3, 0.4) is 0 Å². The third-order valence-corrected chi connectivity index (χ3v) is 3.18. The molecule has 0 fully saturated rings. The van der Waals surface area contributed by atoms with Crippen LogP contribution in [0.5, 0.6) is 0 Å². The molecule has 0 radical (unpaired) electrons. The Kier molecular flexibility index (Phi) is 8.09. The molecule has 0 aromatic rings. The normalized spacial score (nSPS) is 14.4.